The average Bonchev–Trinajstić information content (AvgIpc) is 2.36. The molecule has 1 rings (SSSR count). The smallest absolute Gasteiger partial charge is 0.0276 e. The second-order valence-corrected chi connectivity index (χ2v) is 4.68. The Hall–Kier alpha value is -0.780. The molecule has 0 aliphatic carbocycles. The van der Waals surface area contributed by atoms with Gasteiger partial charge in [0.15, 0.2) is 0 Å². The summed E-state index contributed by atoms with van der Waals surface area (Å²) in [4.78, 5) is 0. The van der Waals surface area contributed by atoms with Gasteiger partial charge in [0, 0.05) is 0 Å². The van der Waals surface area contributed by atoms with Gasteiger partial charge >= 0.3 is 0 Å². The van der Waals surface area contributed by atoms with E-state index in [1.165, 1.54) is 44.9 Å². The summed E-state index contributed by atoms with van der Waals surface area (Å²) >= 11 is 0. The molecule has 0 N–H and O–H groups in total. The van der Waals surface area contributed by atoms with Crippen LogP contribution in [0.15, 0.2) is 24.3 Å². The zero-order valence-corrected chi connectivity index (χ0v) is 12.3. The van der Waals surface area contributed by atoms with Crippen LogP contribution >= 0.6 is 0 Å². The Labute approximate surface area is 108 Å². The van der Waals surface area contributed by atoms with E-state index in [4.69, 9.17) is 0 Å². The molecule has 1 aromatic rings. The average molecular weight is 234 g/mol. The number of hydrogen-bond donors (Lipinski definition) is 0. The summed E-state index contributed by atoms with van der Waals surface area (Å²) in [6.07, 6.45) is 9.00. The standard InChI is InChI=1S/C14H22.C3H8/c1-3-5-9-13-11-7-8-12-14(13)10-6-4-2;1-3-2/h7-8,11-12H,3-6,9-10H2,1-2H3;3H2,1-2H3. The molecule has 0 aliphatic rings. The first-order chi connectivity index (χ1) is 8.29. The number of rotatable bonds is 6. The molecule has 0 saturated carbocycles. The summed E-state index contributed by atoms with van der Waals surface area (Å²) in [6, 6.07) is 8.92. The van der Waals surface area contributed by atoms with Crippen molar-refractivity contribution in [1.29, 1.82) is 0 Å². The Kier molecular flexibility index (Phi) is 11.2. The molecule has 0 heterocycles. The van der Waals surface area contributed by atoms with Gasteiger partial charge in [0.25, 0.3) is 0 Å². The highest BCUT2D eigenvalue weighted by molar-refractivity contribution is 5.27. The molecule has 1 aromatic carbocycles. The molecular formula is C17H30. The molecule has 0 fully saturated rings. The minimum atomic E-state index is 1.25. The lowest BCUT2D eigenvalue weighted by atomic mass is 9.98. The van der Waals surface area contributed by atoms with Gasteiger partial charge in [0.1, 0.15) is 0 Å². The van der Waals surface area contributed by atoms with Crippen LogP contribution in [0.25, 0.3) is 0 Å². The van der Waals surface area contributed by atoms with Crippen molar-refractivity contribution in [1.82, 2.24) is 0 Å². The van der Waals surface area contributed by atoms with E-state index in [-0.39, 0.29) is 0 Å². The van der Waals surface area contributed by atoms with Crippen molar-refractivity contribution in [2.24, 2.45) is 0 Å². The third-order valence-corrected chi connectivity index (χ3v) is 2.72. The Balaban J connectivity index is 0.000000770. The quantitative estimate of drug-likeness (QED) is 0.584. The zero-order valence-electron chi connectivity index (χ0n) is 12.3. The Morgan fingerprint density at radius 3 is 1.35 bits per heavy atom. The van der Waals surface area contributed by atoms with Gasteiger partial charge in [-0.1, -0.05) is 71.2 Å². The first kappa shape index (κ1) is 16.2. The second kappa shape index (κ2) is 11.7. The highest BCUT2D eigenvalue weighted by atomic mass is 14.1. The maximum atomic E-state index is 2.29. The molecule has 0 aromatic heterocycles. The molecule has 0 aliphatic heterocycles. The van der Waals surface area contributed by atoms with E-state index in [0.717, 1.165) is 0 Å². The minimum absolute atomic E-state index is 1.25. The van der Waals surface area contributed by atoms with Gasteiger partial charge in [-0.25, -0.2) is 0 Å². The van der Waals surface area contributed by atoms with Gasteiger partial charge < -0.3 is 0 Å². The maximum absolute atomic E-state index is 2.29. The maximum Gasteiger partial charge on any atom is -0.0276 e. The first-order valence-electron chi connectivity index (χ1n) is 7.36. The van der Waals surface area contributed by atoms with Crippen LogP contribution in [-0.4, -0.2) is 0 Å². The molecule has 98 valence electrons. The fraction of sp³-hybridized carbons (Fsp3) is 0.647. The van der Waals surface area contributed by atoms with Crippen molar-refractivity contribution in [2.75, 3.05) is 0 Å². The number of hydrogen-bond acceptors (Lipinski definition) is 0. The Morgan fingerprint density at radius 1 is 0.706 bits per heavy atom. The van der Waals surface area contributed by atoms with Gasteiger partial charge in [0.2, 0.25) is 0 Å². The predicted molar refractivity (Wildman–Crippen MR) is 79.6 cm³/mol. The summed E-state index contributed by atoms with van der Waals surface area (Å²) < 4.78 is 0. The zero-order chi connectivity index (χ0) is 12.9. The largest absolute Gasteiger partial charge is 0.0656 e. The topological polar surface area (TPSA) is 0 Å². The second-order valence-electron chi connectivity index (χ2n) is 4.68. The van der Waals surface area contributed by atoms with E-state index in [9.17, 15) is 0 Å². The lowest BCUT2D eigenvalue weighted by Gasteiger charge is -2.07. The predicted octanol–water partition coefficient (Wildman–Crippen LogP) is 5.79. The van der Waals surface area contributed by atoms with E-state index < -0.39 is 0 Å². The van der Waals surface area contributed by atoms with E-state index in [1.54, 1.807) is 11.1 Å². The third kappa shape index (κ3) is 8.01. The molecule has 0 amide bonds. The number of benzene rings is 1. The summed E-state index contributed by atoms with van der Waals surface area (Å²) in [5.41, 5.74) is 3.14. The minimum Gasteiger partial charge on any atom is -0.0656 e. The SMILES string of the molecule is CCC.CCCCc1ccccc1CCCC. The fourth-order valence-corrected chi connectivity index (χ4v) is 1.78. The first-order valence-corrected chi connectivity index (χ1v) is 7.36. The highest BCUT2D eigenvalue weighted by Crippen LogP contribution is 2.14. The lowest BCUT2D eigenvalue weighted by molar-refractivity contribution is 0.758. The molecule has 0 atom stereocenters. The van der Waals surface area contributed by atoms with Crippen LogP contribution in [0.3, 0.4) is 0 Å². The number of unbranched alkanes of at least 4 members (excludes halogenated alkanes) is 2. The van der Waals surface area contributed by atoms with Gasteiger partial charge in [-0.05, 0) is 36.8 Å². The molecule has 0 saturated heterocycles. The van der Waals surface area contributed by atoms with Crippen LogP contribution < -0.4 is 0 Å². The van der Waals surface area contributed by atoms with Gasteiger partial charge in [-0.15, -0.1) is 0 Å². The third-order valence-electron chi connectivity index (χ3n) is 2.72. The normalized spacial score (nSPS) is 9.65. The van der Waals surface area contributed by atoms with Crippen LogP contribution in [0, 0.1) is 0 Å². The molecule has 0 heteroatoms. The van der Waals surface area contributed by atoms with E-state index in [0.29, 0.717) is 0 Å². The molecule has 17 heavy (non-hydrogen) atoms. The van der Waals surface area contributed by atoms with Gasteiger partial charge in [-0.3, -0.25) is 0 Å². The fourth-order valence-electron chi connectivity index (χ4n) is 1.78. The Bertz CT molecular complexity index is 235. The summed E-state index contributed by atoms with van der Waals surface area (Å²) in [7, 11) is 0. The highest BCUT2D eigenvalue weighted by Gasteiger charge is 1.99. The molecule has 0 radical (unpaired) electrons. The van der Waals surface area contributed by atoms with Crippen LogP contribution in [0.2, 0.25) is 0 Å². The van der Waals surface area contributed by atoms with Crippen LogP contribution in [0.4, 0.5) is 0 Å². The van der Waals surface area contributed by atoms with E-state index in [1.807, 2.05) is 0 Å². The summed E-state index contributed by atoms with van der Waals surface area (Å²) in [6.45, 7) is 8.77. The van der Waals surface area contributed by atoms with Crippen LogP contribution in [0.5, 0.6) is 0 Å². The summed E-state index contributed by atoms with van der Waals surface area (Å²) in [5.74, 6) is 0. The lowest BCUT2D eigenvalue weighted by Crippen LogP contribution is -1.94. The van der Waals surface area contributed by atoms with E-state index in [2.05, 4.69) is 52.0 Å². The van der Waals surface area contributed by atoms with Crippen LogP contribution in [-0.2, 0) is 12.8 Å². The van der Waals surface area contributed by atoms with Gasteiger partial charge in [0.05, 0.1) is 0 Å². The Morgan fingerprint density at radius 2 is 1.06 bits per heavy atom. The van der Waals surface area contributed by atoms with Gasteiger partial charge in [-0.2, -0.15) is 0 Å². The van der Waals surface area contributed by atoms with Crippen molar-refractivity contribution in [3.63, 3.8) is 0 Å². The van der Waals surface area contributed by atoms with Crippen molar-refractivity contribution in [2.45, 2.75) is 72.6 Å². The summed E-state index contributed by atoms with van der Waals surface area (Å²) in [5, 5.41) is 0. The van der Waals surface area contributed by atoms with Crippen molar-refractivity contribution in [3.05, 3.63) is 35.4 Å². The van der Waals surface area contributed by atoms with E-state index >= 15 is 0 Å². The molecular weight excluding hydrogens is 204 g/mol. The van der Waals surface area contributed by atoms with Crippen molar-refractivity contribution in [3.8, 4) is 0 Å². The molecule has 0 nitrogen and oxygen atoms in total. The monoisotopic (exact) mass is 234 g/mol. The van der Waals surface area contributed by atoms with Crippen molar-refractivity contribution >= 4 is 0 Å². The number of aryl methyl sites for hydroxylation is 2. The molecule has 0 bridgehead atoms. The van der Waals surface area contributed by atoms with Crippen molar-refractivity contribution < 1.29 is 0 Å². The molecule has 0 spiro atoms. The van der Waals surface area contributed by atoms with Crippen LogP contribution in [0.1, 0.15) is 70.9 Å². The molecule has 0 unspecified atom stereocenters.